The van der Waals surface area contributed by atoms with Crippen LogP contribution in [-0.4, -0.2) is 14.8 Å². The highest BCUT2D eigenvalue weighted by molar-refractivity contribution is 5.55. The monoisotopic (exact) mass is 199 g/mol. The van der Waals surface area contributed by atoms with Crippen molar-refractivity contribution >= 4 is 5.82 Å². The topological polar surface area (TPSA) is 80.5 Å². The first-order chi connectivity index (χ1) is 7.24. The van der Waals surface area contributed by atoms with Gasteiger partial charge in [0.05, 0.1) is 17.6 Å². The lowest BCUT2D eigenvalue weighted by molar-refractivity contribution is 0.866. The van der Waals surface area contributed by atoms with Gasteiger partial charge in [0.25, 0.3) is 0 Å². The molecule has 0 amide bonds. The molecular weight excluding hydrogens is 190 g/mol. The minimum absolute atomic E-state index is 0.350. The van der Waals surface area contributed by atoms with Gasteiger partial charge >= 0.3 is 0 Å². The van der Waals surface area contributed by atoms with Gasteiger partial charge in [0, 0.05) is 6.20 Å². The molecule has 0 saturated heterocycles. The van der Waals surface area contributed by atoms with Crippen LogP contribution in [0.4, 0.5) is 5.82 Å². The maximum Gasteiger partial charge on any atom is 0.145 e. The normalized spacial score (nSPS) is 9.87. The maximum atomic E-state index is 8.86. The van der Waals surface area contributed by atoms with Crippen molar-refractivity contribution in [3.05, 3.63) is 35.8 Å². The van der Waals surface area contributed by atoms with Gasteiger partial charge in [-0.05, 0) is 19.1 Å². The Kier molecular flexibility index (Phi) is 2.10. The van der Waals surface area contributed by atoms with Crippen LogP contribution in [0.3, 0.4) is 0 Å². The molecule has 2 aromatic heterocycles. The zero-order chi connectivity index (χ0) is 10.8. The van der Waals surface area contributed by atoms with Gasteiger partial charge in [0.2, 0.25) is 0 Å². The number of nitrogens with two attached hydrogens (primary N) is 1. The standard InChI is InChI=1S/C10H9N5/c1-7-9(5-11)10(12)15(14-7)8-3-2-4-13-6-8/h2-4,6H,12H2,1H3. The van der Waals surface area contributed by atoms with Gasteiger partial charge in [-0.15, -0.1) is 0 Å². The first kappa shape index (κ1) is 9.21. The lowest BCUT2D eigenvalue weighted by Crippen LogP contribution is -2.02. The smallest absolute Gasteiger partial charge is 0.145 e. The lowest BCUT2D eigenvalue weighted by Gasteiger charge is -2.01. The second-order valence-corrected chi connectivity index (χ2v) is 3.08. The van der Waals surface area contributed by atoms with Gasteiger partial charge in [-0.1, -0.05) is 0 Å². The molecule has 2 aromatic rings. The van der Waals surface area contributed by atoms with Crippen LogP contribution in [0.5, 0.6) is 0 Å². The van der Waals surface area contributed by atoms with E-state index in [0.29, 0.717) is 17.1 Å². The third-order valence-electron chi connectivity index (χ3n) is 2.10. The Morgan fingerprint density at radius 1 is 1.53 bits per heavy atom. The van der Waals surface area contributed by atoms with E-state index < -0.39 is 0 Å². The number of aromatic nitrogens is 3. The van der Waals surface area contributed by atoms with Crippen LogP contribution in [0, 0.1) is 18.3 Å². The van der Waals surface area contributed by atoms with Crippen molar-refractivity contribution < 1.29 is 0 Å². The molecule has 0 bridgehead atoms. The van der Waals surface area contributed by atoms with Gasteiger partial charge in [0.1, 0.15) is 17.5 Å². The van der Waals surface area contributed by atoms with Gasteiger partial charge in [-0.2, -0.15) is 10.4 Å². The van der Waals surface area contributed by atoms with E-state index >= 15 is 0 Å². The maximum absolute atomic E-state index is 8.86. The van der Waals surface area contributed by atoms with Crippen molar-refractivity contribution in [3.63, 3.8) is 0 Å². The molecule has 5 heteroatoms. The summed E-state index contributed by atoms with van der Waals surface area (Å²) in [6, 6.07) is 5.64. The molecule has 0 aliphatic rings. The number of aryl methyl sites for hydroxylation is 1. The zero-order valence-corrected chi connectivity index (χ0v) is 8.18. The number of hydrogen-bond acceptors (Lipinski definition) is 4. The summed E-state index contributed by atoms with van der Waals surface area (Å²) in [5.41, 5.74) is 7.59. The first-order valence-corrected chi connectivity index (χ1v) is 4.39. The predicted octanol–water partition coefficient (Wildman–Crippen LogP) is 1.03. The summed E-state index contributed by atoms with van der Waals surface area (Å²) in [6.07, 6.45) is 3.31. The van der Waals surface area contributed by atoms with E-state index in [-0.39, 0.29) is 0 Å². The fourth-order valence-electron chi connectivity index (χ4n) is 1.36. The number of nitrogens with zero attached hydrogens (tertiary/aromatic N) is 4. The van der Waals surface area contributed by atoms with E-state index in [1.54, 1.807) is 25.4 Å². The fourth-order valence-corrected chi connectivity index (χ4v) is 1.36. The SMILES string of the molecule is Cc1nn(-c2cccnc2)c(N)c1C#N. The van der Waals surface area contributed by atoms with Crippen molar-refractivity contribution in [3.8, 4) is 11.8 Å². The molecule has 0 radical (unpaired) electrons. The third kappa shape index (κ3) is 1.42. The first-order valence-electron chi connectivity index (χ1n) is 4.39. The summed E-state index contributed by atoms with van der Waals surface area (Å²) in [7, 11) is 0. The van der Waals surface area contributed by atoms with Crippen LogP contribution >= 0.6 is 0 Å². The molecule has 5 nitrogen and oxygen atoms in total. The number of pyridine rings is 1. The highest BCUT2D eigenvalue weighted by Crippen LogP contribution is 2.18. The van der Waals surface area contributed by atoms with Crippen molar-refractivity contribution in [2.75, 3.05) is 5.73 Å². The van der Waals surface area contributed by atoms with Crippen molar-refractivity contribution in [2.45, 2.75) is 6.92 Å². The molecule has 2 N–H and O–H groups in total. The highest BCUT2D eigenvalue weighted by Gasteiger charge is 2.12. The zero-order valence-electron chi connectivity index (χ0n) is 8.18. The summed E-state index contributed by atoms with van der Waals surface area (Å²) < 4.78 is 1.51. The van der Waals surface area contributed by atoms with Gasteiger partial charge in [-0.3, -0.25) is 4.98 Å². The van der Waals surface area contributed by atoms with E-state index in [1.807, 2.05) is 12.1 Å². The molecule has 15 heavy (non-hydrogen) atoms. The Balaban J connectivity index is 2.62. The van der Waals surface area contributed by atoms with Crippen molar-refractivity contribution in [1.29, 1.82) is 5.26 Å². The Morgan fingerprint density at radius 2 is 2.33 bits per heavy atom. The summed E-state index contributed by atoms with van der Waals surface area (Å²) >= 11 is 0. The number of anilines is 1. The molecule has 0 spiro atoms. The molecule has 0 aliphatic heterocycles. The predicted molar refractivity (Wildman–Crippen MR) is 55.2 cm³/mol. The molecule has 0 unspecified atom stereocenters. The number of rotatable bonds is 1. The largest absolute Gasteiger partial charge is 0.382 e. The number of nitrogen functional groups attached to an aromatic ring is 1. The third-order valence-corrected chi connectivity index (χ3v) is 2.10. The average molecular weight is 199 g/mol. The minimum Gasteiger partial charge on any atom is -0.382 e. The summed E-state index contributed by atoms with van der Waals surface area (Å²) in [5.74, 6) is 0.350. The Labute approximate surface area is 86.8 Å². The van der Waals surface area contributed by atoms with E-state index in [4.69, 9.17) is 11.0 Å². The van der Waals surface area contributed by atoms with Crippen LogP contribution in [0.15, 0.2) is 24.5 Å². The van der Waals surface area contributed by atoms with Crippen molar-refractivity contribution in [1.82, 2.24) is 14.8 Å². The van der Waals surface area contributed by atoms with E-state index in [1.165, 1.54) is 4.68 Å². The van der Waals surface area contributed by atoms with Crippen LogP contribution in [0.1, 0.15) is 11.3 Å². The summed E-state index contributed by atoms with van der Waals surface area (Å²) in [4.78, 5) is 3.97. The molecule has 0 fully saturated rings. The average Bonchev–Trinajstić information content (AvgIpc) is 2.55. The Hall–Kier alpha value is -2.35. The van der Waals surface area contributed by atoms with Gasteiger partial charge in [-0.25, -0.2) is 4.68 Å². The van der Waals surface area contributed by atoms with Gasteiger partial charge in [0.15, 0.2) is 0 Å². The second-order valence-electron chi connectivity index (χ2n) is 3.08. The number of nitriles is 1. The van der Waals surface area contributed by atoms with Crippen LogP contribution in [0.25, 0.3) is 5.69 Å². The molecule has 74 valence electrons. The van der Waals surface area contributed by atoms with Gasteiger partial charge < -0.3 is 5.73 Å². The van der Waals surface area contributed by atoms with Crippen LogP contribution in [0.2, 0.25) is 0 Å². The highest BCUT2D eigenvalue weighted by atomic mass is 15.3. The number of hydrogen-bond donors (Lipinski definition) is 1. The van der Waals surface area contributed by atoms with E-state index in [2.05, 4.69) is 10.1 Å². The van der Waals surface area contributed by atoms with Crippen LogP contribution < -0.4 is 5.73 Å². The molecular formula is C10H9N5. The molecule has 2 rings (SSSR count). The summed E-state index contributed by atoms with van der Waals surface area (Å²) in [6.45, 7) is 1.75. The second kappa shape index (κ2) is 3.42. The lowest BCUT2D eigenvalue weighted by atomic mass is 10.3. The van der Waals surface area contributed by atoms with Crippen LogP contribution in [-0.2, 0) is 0 Å². The molecule has 0 atom stereocenters. The quantitative estimate of drug-likeness (QED) is 0.743. The molecule has 0 aliphatic carbocycles. The molecule has 2 heterocycles. The fraction of sp³-hybridized carbons (Fsp3) is 0.100. The minimum atomic E-state index is 0.350. The molecule has 0 aromatic carbocycles. The Bertz CT molecular complexity index is 521. The van der Waals surface area contributed by atoms with E-state index in [9.17, 15) is 0 Å². The van der Waals surface area contributed by atoms with E-state index in [0.717, 1.165) is 5.69 Å². The summed E-state index contributed by atoms with van der Waals surface area (Å²) in [5, 5.41) is 13.0. The van der Waals surface area contributed by atoms with Crippen molar-refractivity contribution in [2.24, 2.45) is 0 Å². The Morgan fingerprint density at radius 3 is 2.87 bits per heavy atom. The molecule has 0 saturated carbocycles.